The van der Waals surface area contributed by atoms with E-state index in [1.54, 1.807) is 6.92 Å². The fourth-order valence-corrected chi connectivity index (χ4v) is 2.54. The number of carbonyl (C=O) groups is 1. The van der Waals surface area contributed by atoms with Crippen LogP contribution in [-0.4, -0.2) is 17.8 Å². The Morgan fingerprint density at radius 1 is 1.44 bits per heavy atom. The summed E-state index contributed by atoms with van der Waals surface area (Å²) < 4.78 is 0. The topological polar surface area (TPSA) is 29.1 Å². The molecule has 0 spiro atoms. The lowest BCUT2D eigenvalue weighted by molar-refractivity contribution is -0.119. The second-order valence-corrected chi connectivity index (χ2v) is 4.73. The SMILES string of the molecule is CC(=O)N[C@H]1Cc2ccc(CCCl)cc2C1. The van der Waals surface area contributed by atoms with Crippen LogP contribution in [0.15, 0.2) is 18.2 Å². The molecule has 0 aliphatic heterocycles. The number of nitrogens with one attached hydrogen (secondary N) is 1. The molecule has 0 saturated carbocycles. The lowest BCUT2D eigenvalue weighted by Crippen LogP contribution is -2.33. The van der Waals surface area contributed by atoms with Gasteiger partial charge in [0, 0.05) is 18.8 Å². The minimum Gasteiger partial charge on any atom is -0.353 e. The Balaban J connectivity index is 2.08. The van der Waals surface area contributed by atoms with Crippen LogP contribution >= 0.6 is 11.6 Å². The predicted octanol–water partition coefficient (Wildman–Crippen LogP) is 2.07. The van der Waals surface area contributed by atoms with Crippen LogP contribution in [0, 0.1) is 0 Å². The summed E-state index contributed by atoms with van der Waals surface area (Å²) in [5.74, 6) is 0.715. The summed E-state index contributed by atoms with van der Waals surface area (Å²) in [4.78, 5) is 11.0. The van der Waals surface area contributed by atoms with Gasteiger partial charge in [-0.3, -0.25) is 4.79 Å². The molecule has 16 heavy (non-hydrogen) atoms. The van der Waals surface area contributed by atoms with E-state index in [2.05, 4.69) is 23.5 Å². The first-order valence-corrected chi connectivity index (χ1v) is 6.16. The summed E-state index contributed by atoms with van der Waals surface area (Å²) in [7, 11) is 0. The van der Waals surface area contributed by atoms with Crippen LogP contribution in [0.4, 0.5) is 0 Å². The third-order valence-corrected chi connectivity index (χ3v) is 3.18. The highest BCUT2D eigenvalue weighted by molar-refractivity contribution is 6.17. The summed E-state index contributed by atoms with van der Waals surface area (Å²) in [5.41, 5.74) is 4.01. The monoisotopic (exact) mass is 237 g/mol. The number of fused-ring (bicyclic) bond motifs is 1. The lowest BCUT2D eigenvalue weighted by atomic mass is 10.1. The third-order valence-electron chi connectivity index (χ3n) is 2.99. The molecule has 3 heteroatoms. The third kappa shape index (κ3) is 2.56. The van der Waals surface area contributed by atoms with Gasteiger partial charge >= 0.3 is 0 Å². The van der Waals surface area contributed by atoms with Crippen molar-refractivity contribution >= 4 is 17.5 Å². The highest BCUT2D eigenvalue weighted by Crippen LogP contribution is 2.23. The smallest absolute Gasteiger partial charge is 0.217 e. The Hall–Kier alpha value is -1.02. The van der Waals surface area contributed by atoms with Crippen LogP contribution < -0.4 is 5.32 Å². The van der Waals surface area contributed by atoms with Gasteiger partial charge in [-0.25, -0.2) is 0 Å². The van der Waals surface area contributed by atoms with E-state index in [1.807, 2.05) is 0 Å². The molecule has 1 N–H and O–H groups in total. The number of hydrogen-bond acceptors (Lipinski definition) is 1. The Kier molecular flexibility index (Phi) is 3.49. The molecule has 1 atom stereocenters. The highest BCUT2D eigenvalue weighted by atomic mass is 35.5. The van der Waals surface area contributed by atoms with Crippen LogP contribution in [-0.2, 0) is 24.1 Å². The Bertz CT molecular complexity index is 403. The zero-order valence-corrected chi connectivity index (χ0v) is 10.2. The van der Waals surface area contributed by atoms with Crippen LogP contribution in [0.25, 0.3) is 0 Å². The lowest BCUT2D eigenvalue weighted by Gasteiger charge is -2.08. The Morgan fingerprint density at radius 2 is 2.19 bits per heavy atom. The van der Waals surface area contributed by atoms with E-state index in [0.29, 0.717) is 5.88 Å². The van der Waals surface area contributed by atoms with Crippen LogP contribution in [0.1, 0.15) is 23.6 Å². The largest absolute Gasteiger partial charge is 0.353 e. The zero-order valence-electron chi connectivity index (χ0n) is 9.42. The van der Waals surface area contributed by atoms with Crippen molar-refractivity contribution < 1.29 is 4.79 Å². The molecule has 1 aliphatic carbocycles. The molecule has 86 valence electrons. The van der Waals surface area contributed by atoms with Gasteiger partial charge in [0.2, 0.25) is 5.91 Å². The first-order chi connectivity index (χ1) is 7.69. The normalized spacial score (nSPS) is 18.2. The van der Waals surface area contributed by atoms with Gasteiger partial charge in [0.05, 0.1) is 0 Å². The van der Waals surface area contributed by atoms with E-state index in [-0.39, 0.29) is 11.9 Å². The number of amides is 1. The molecule has 0 unspecified atom stereocenters. The van der Waals surface area contributed by atoms with Gasteiger partial charge in [-0.2, -0.15) is 0 Å². The van der Waals surface area contributed by atoms with Gasteiger partial charge in [0.1, 0.15) is 0 Å². The zero-order chi connectivity index (χ0) is 11.5. The van der Waals surface area contributed by atoms with Crippen LogP contribution in [0.5, 0.6) is 0 Å². The Labute approximate surface area is 101 Å². The fraction of sp³-hybridized carbons (Fsp3) is 0.462. The maximum atomic E-state index is 11.0. The minimum absolute atomic E-state index is 0.0544. The predicted molar refractivity (Wildman–Crippen MR) is 65.9 cm³/mol. The van der Waals surface area contributed by atoms with Crippen molar-refractivity contribution in [3.63, 3.8) is 0 Å². The van der Waals surface area contributed by atoms with E-state index in [9.17, 15) is 4.79 Å². The molecule has 0 bridgehead atoms. The summed E-state index contributed by atoms with van der Waals surface area (Å²) >= 11 is 5.73. The molecular formula is C13H16ClNO. The van der Waals surface area contributed by atoms with Crippen molar-refractivity contribution in [1.82, 2.24) is 5.32 Å². The maximum Gasteiger partial charge on any atom is 0.217 e. The van der Waals surface area contributed by atoms with E-state index < -0.39 is 0 Å². The number of halogens is 1. The molecule has 2 rings (SSSR count). The molecule has 0 aromatic heterocycles. The minimum atomic E-state index is 0.0544. The van der Waals surface area contributed by atoms with Crippen molar-refractivity contribution in [2.24, 2.45) is 0 Å². The summed E-state index contributed by atoms with van der Waals surface area (Å²) in [6.07, 6.45) is 2.82. The van der Waals surface area contributed by atoms with Crippen molar-refractivity contribution in [2.75, 3.05) is 5.88 Å². The standard InChI is InChI=1S/C13H16ClNO/c1-9(16)15-13-7-11-3-2-10(4-5-14)6-12(11)8-13/h2-3,6,13H,4-5,7-8H2,1H3,(H,15,16)/t13-/m0/s1. The van der Waals surface area contributed by atoms with Crippen molar-refractivity contribution in [2.45, 2.75) is 32.2 Å². The van der Waals surface area contributed by atoms with Gasteiger partial charge in [-0.15, -0.1) is 11.6 Å². The summed E-state index contributed by atoms with van der Waals surface area (Å²) in [6.45, 7) is 1.57. The molecule has 1 amide bonds. The van der Waals surface area contributed by atoms with Gasteiger partial charge in [-0.1, -0.05) is 18.2 Å². The molecule has 2 nitrogen and oxygen atoms in total. The van der Waals surface area contributed by atoms with Gasteiger partial charge in [0.15, 0.2) is 0 Å². The van der Waals surface area contributed by atoms with Crippen molar-refractivity contribution in [1.29, 1.82) is 0 Å². The summed E-state index contributed by atoms with van der Waals surface area (Å²) in [5, 5.41) is 2.98. The maximum absolute atomic E-state index is 11.0. The molecule has 0 saturated heterocycles. The second kappa shape index (κ2) is 4.88. The molecule has 0 radical (unpaired) electrons. The molecular weight excluding hydrogens is 222 g/mol. The van der Waals surface area contributed by atoms with E-state index in [4.69, 9.17) is 11.6 Å². The molecule has 1 aromatic carbocycles. The van der Waals surface area contributed by atoms with Gasteiger partial charge in [-0.05, 0) is 36.0 Å². The number of aryl methyl sites for hydroxylation is 1. The molecule has 1 aromatic rings. The summed E-state index contributed by atoms with van der Waals surface area (Å²) in [6, 6.07) is 6.80. The average molecular weight is 238 g/mol. The van der Waals surface area contributed by atoms with Crippen LogP contribution in [0.3, 0.4) is 0 Å². The van der Waals surface area contributed by atoms with E-state index in [1.165, 1.54) is 16.7 Å². The van der Waals surface area contributed by atoms with Gasteiger partial charge in [0.25, 0.3) is 0 Å². The number of alkyl halides is 1. The Morgan fingerprint density at radius 3 is 2.88 bits per heavy atom. The molecule has 1 aliphatic rings. The second-order valence-electron chi connectivity index (χ2n) is 4.35. The number of carbonyl (C=O) groups excluding carboxylic acids is 1. The van der Waals surface area contributed by atoms with E-state index >= 15 is 0 Å². The van der Waals surface area contributed by atoms with Crippen molar-refractivity contribution in [3.05, 3.63) is 34.9 Å². The number of rotatable bonds is 3. The number of hydrogen-bond donors (Lipinski definition) is 1. The molecule has 0 fully saturated rings. The molecule has 0 heterocycles. The first kappa shape index (κ1) is 11.5. The van der Waals surface area contributed by atoms with Crippen molar-refractivity contribution in [3.8, 4) is 0 Å². The first-order valence-electron chi connectivity index (χ1n) is 5.63. The quantitative estimate of drug-likeness (QED) is 0.802. The average Bonchev–Trinajstić information content (AvgIpc) is 2.58. The van der Waals surface area contributed by atoms with Crippen LogP contribution in [0.2, 0.25) is 0 Å². The van der Waals surface area contributed by atoms with Gasteiger partial charge < -0.3 is 5.32 Å². The van der Waals surface area contributed by atoms with E-state index in [0.717, 1.165) is 19.3 Å². The number of benzene rings is 1. The fourth-order valence-electron chi connectivity index (χ4n) is 2.33. The highest BCUT2D eigenvalue weighted by Gasteiger charge is 2.21.